The van der Waals surface area contributed by atoms with E-state index in [9.17, 15) is 4.79 Å². The lowest BCUT2D eigenvalue weighted by Gasteiger charge is -2.26. The Hall–Kier alpha value is -1.37. The highest BCUT2D eigenvalue weighted by atomic mass is 35.5. The maximum atomic E-state index is 12.2. The Morgan fingerprint density at radius 3 is 2.90 bits per heavy atom. The fourth-order valence-corrected chi connectivity index (χ4v) is 2.99. The zero-order valence-electron chi connectivity index (χ0n) is 11.5. The standard InChI is InChI=1S/C14H16ClN3O2S/c15-10-1-2-11-12(9-10)18(14(21)16-11)4-3-13(19)17-5-7-20-8-6-17/h1-2,9H,3-8H2,(H,16,21). The van der Waals surface area contributed by atoms with Crippen LogP contribution in [-0.4, -0.2) is 46.7 Å². The highest BCUT2D eigenvalue weighted by Gasteiger charge is 2.17. The van der Waals surface area contributed by atoms with E-state index in [1.54, 1.807) is 0 Å². The van der Waals surface area contributed by atoms with Gasteiger partial charge in [0.05, 0.1) is 24.2 Å². The molecule has 0 saturated carbocycles. The number of ether oxygens (including phenoxy) is 1. The zero-order chi connectivity index (χ0) is 14.8. The molecule has 112 valence electrons. The van der Waals surface area contributed by atoms with Gasteiger partial charge in [0.1, 0.15) is 0 Å². The molecule has 5 nitrogen and oxygen atoms in total. The number of carbonyl (C=O) groups excluding carboxylic acids is 1. The van der Waals surface area contributed by atoms with Gasteiger partial charge in [-0.15, -0.1) is 0 Å². The molecule has 1 fully saturated rings. The van der Waals surface area contributed by atoms with Crippen LogP contribution in [0.5, 0.6) is 0 Å². The topological polar surface area (TPSA) is 50.3 Å². The molecule has 0 spiro atoms. The minimum Gasteiger partial charge on any atom is -0.378 e. The Kier molecular flexibility index (Phi) is 4.28. The number of rotatable bonds is 3. The van der Waals surface area contributed by atoms with E-state index < -0.39 is 0 Å². The van der Waals surface area contributed by atoms with Gasteiger partial charge in [-0.3, -0.25) is 4.79 Å². The van der Waals surface area contributed by atoms with Crippen LogP contribution >= 0.6 is 23.8 Å². The van der Waals surface area contributed by atoms with Crippen LogP contribution in [-0.2, 0) is 16.1 Å². The number of halogens is 1. The molecule has 0 radical (unpaired) electrons. The van der Waals surface area contributed by atoms with E-state index in [4.69, 9.17) is 28.6 Å². The summed E-state index contributed by atoms with van der Waals surface area (Å²) in [5, 5.41) is 0.657. The smallest absolute Gasteiger partial charge is 0.224 e. The first-order chi connectivity index (χ1) is 10.1. The Labute approximate surface area is 132 Å². The minimum atomic E-state index is 0.136. The third kappa shape index (κ3) is 3.12. The van der Waals surface area contributed by atoms with E-state index >= 15 is 0 Å². The number of carbonyl (C=O) groups is 1. The number of fused-ring (bicyclic) bond motifs is 1. The SMILES string of the molecule is O=C(CCn1c(=S)[nH]c2ccc(Cl)cc21)N1CCOCC1. The van der Waals surface area contributed by atoms with Gasteiger partial charge < -0.3 is 19.2 Å². The van der Waals surface area contributed by atoms with Crippen molar-refractivity contribution in [3.63, 3.8) is 0 Å². The zero-order valence-corrected chi connectivity index (χ0v) is 13.0. The Bertz CT molecular complexity index is 719. The predicted molar refractivity (Wildman–Crippen MR) is 84.1 cm³/mol. The predicted octanol–water partition coefficient (Wildman–Crippen LogP) is 2.60. The molecule has 2 aromatic rings. The molecular formula is C14H16ClN3O2S. The average Bonchev–Trinajstić information content (AvgIpc) is 2.80. The second-order valence-electron chi connectivity index (χ2n) is 4.99. The summed E-state index contributed by atoms with van der Waals surface area (Å²) in [4.78, 5) is 17.2. The molecule has 1 aromatic carbocycles. The summed E-state index contributed by atoms with van der Waals surface area (Å²) in [7, 11) is 0. The molecule has 3 rings (SSSR count). The van der Waals surface area contributed by atoms with E-state index in [0.717, 1.165) is 11.0 Å². The Morgan fingerprint density at radius 1 is 1.38 bits per heavy atom. The van der Waals surface area contributed by atoms with Gasteiger partial charge in [-0.2, -0.15) is 0 Å². The number of aromatic amines is 1. The number of hydrogen-bond donors (Lipinski definition) is 1. The lowest BCUT2D eigenvalue weighted by molar-refractivity contribution is -0.135. The van der Waals surface area contributed by atoms with Crippen LogP contribution in [0.25, 0.3) is 11.0 Å². The average molecular weight is 326 g/mol. The maximum Gasteiger partial charge on any atom is 0.224 e. The molecular weight excluding hydrogens is 310 g/mol. The molecule has 1 aliphatic heterocycles. The molecule has 1 amide bonds. The van der Waals surface area contributed by atoms with Crippen LogP contribution in [0.4, 0.5) is 0 Å². The minimum absolute atomic E-state index is 0.136. The number of nitrogens with one attached hydrogen (secondary N) is 1. The van der Waals surface area contributed by atoms with E-state index in [0.29, 0.717) is 49.1 Å². The maximum absolute atomic E-state index is 12.2. The molecule has 0 atom stereocenters. The van der Waals surface area contributed by atoms with Crippen molar-refractivity contribution in [3.8, 4) is 0 Å². The second kappa shape index (κ2) is 6.17. The number of aryl methyl sites for hydroxylation is 1. The van der Waals surface area contributed by atoms with Crippen LogP contribution in [0.1, 0.15) is 6.42 Å². The number of aromatic nitrogens is 2. The Morgan fingerprint density at radius 2 is 2.14 bits per heavy atom. The van der Waals surface area contributed by atoms with Crippen molar-refractivity contribution < 1.29 is 9.53 Å². The fourth-order valence-electron chi connectivity index (χ4n) is 2.53. The first-order valence-electron chi connectivity index (χ1n) is 6.89. The largest absolute Gasteiger partial charge is 0.378 e. The number of amides is 1. The summed E-state index contributed by atoms with van der Waals surface area (Å²) >= 11 is 11.4. The number of morpholine rings is 1. The first kappa shape index (κ1) is 14.6. The summed E-state index contributed by atoms with van der Waals surface area (Å²) in [6.07, 6.45) is 0.424. The van der Waals surface area contributed by atoms with Gasteiger partial charge in [0.25, 0.3) is 0 Å². The number of hydrogen-bond acceptors (Lipinski definition) is 3. The van der Waals surface area contributed by atoms with Crippen molar-refractivity contribution >= 4 is 40.8 Å². The number of benzene rings is 1. The lowest BCUT2D eigenvalue weighted by Crippen LogP contribution is -2.40. The van der Waals surface area contributed by atoms with Crippen LogP contribution in [0.2, 0.25) is 5.02 Å². The van der Waals surface area contributed by atoms with Crippen molar-refractivity contribution in [1.29, 1.82) is 0 Å². The van der Waals surface area contributed by atoms with E-state index in [-0.39, 0.29) is 5.91 Å². The number of imidazole rings is 1. The molecule has 0 aliphatic carbocycles. The highest BCUT2D eigenvalue weighted by molar-refractivity contribution is 7.71. The van der Waals surface area contributed by atoms with Gasteiger partial charge in [0.2, 0.25) is 5.91 Å². The van der Waals surface area contributed by atoms with Crippen molar-refractivity contribution in [2.45, 2.75) is 13.0 Å². The van der Waals surface area contributed by atoms with Gasteiger partial charge in [0, 0.05) is 31.1 Å². The van der Waals surface area contributed by atoms with Crippen molar-refractivity contribution in [3.05, 3.63) is 28.0 Å². The summed E-state index contributed by atoms with van der Waals surface area (Å²) < 4.78 is 7.79. The van der Waals surface area contributed by atoms with Gasteiger partial charge in [-0.05, 0) is 30.4 Å². The van der Waals surface area contributed by atoms with Crippen LogP contribution in [0.3, 0.4) is 0 Å². The molecule has 7 heteroatoms. The van der Waals surface area contributed by atoms with Crippen LogP contribution in [0.15, 0.2) is 18.2 Å². The monoisotopic (exact) mass is 325 g/mol. The van der Waals surface area contributed by atoms with Gasteiger partial charge in [-0.1, -0.05) is 11.6 Å². The van der Waals surface area contributed by atoms with Gasteiger partial charge in [-0.25, -0.2) is 0 Å². The summed E-state index contributed by atoms with van der Waals surface area (Å²) in [5.74, 6) is 0.136. The molecule has 1 aromatic heterocycles. The number of nitrogens with zero attached hydrogens (tertiary/aromatic N) is 2. The van der Waals surface area contributed by atoms with Gasteiger partial charge in [0.15, 0.2) is 4.77 Å². The number of H-pyrrole nitrogens is 1. The molecule has 1 saturated heterocycles. The van der Waals surface area contributed by atoms with E-state index in [1.165, 1.54) is 0 Å². The fraction of sp³-hybridized carbons (Fsp3) is 0.429. The summed E-state index contributed by atoms with van der Waals surface area (Å²) in [6.45, 7) is 3.13. The molecule has 0 unspecified atom stereocenters. The second-order valence-corrected chi connectivity index (χ2v) is 5.81. The summed E-state index contributed by atoms with van der Waals surface area (Å²) in [5.41, 5.74) is 1.87. The van der Waals surface area contributed by atoms with Crippen molar-refractivity contribution in [2.24, 2.45) is 0 Å². The van der Waals surface area contributed by atoms with Crippen molar-refractivity contribution in [2.75, 3.05) is 26.3 Å². The molecule has 1 N–H and O–H groups in total. The first-order valence-corrected chi connectivity index (χ1v) is 7.67. The Balaban J connectivity index is 1.75. The quantitative estimate of drug-likeness (QED) is 0.883. The highest BCUT2D eigenvalue weighted by Crippen LogP contribution is 2.19. The molecule has 2 heterocycles. The third-order valence-corrected chi connectivity index (χ3v) is 4.21. The summed E-state index contributed by atoms with van der Waals surface area (Å²) in [6, 6.07) is 5.58. The van der Waals surface area contributed by atoms with Crippen LogP contribution < -0.4 is 0 Å². The third-order valence-electron chi connectivity index (χ3n) is 3.65. The van der Waals surface area contributed by atoms with Crippen LogP contribution in [0, 0.1) is 4.77 Å². The van der Waals surface area contributed by atoms with Crippen molar-refractivity contribution in [1.82, 2.24) is 14.5 Å². The molecule has 0 bridgehead atoms. The van der Waals surface area contributed by atoms with E-state index in [2.05, 4.69) is 4.98 Å². The molecule has 21 heavy (non-hydrogen) atoms. The normalized spacial score (nSPS) is 15.6. The molecule has 1 aliphatic rings. The van der Waals surface area contributed by atoms with Gasteiger partial charge >= 0.3 is 0 Å². The lowest BCUT2D eigenvalue weighted by atomic mass is 10.3. The van der Waals surface area contributed by atoms with E-state index in [1.807, 2.05) is 27.7 Å².